The van der Waals surface area contributed by atoms with Crippen LogP contribution in [0.4, 0.5) is 0 Å². The van der Waals surface area contributed by atoms with Crippen LogP contribution in [0.1, 0.15) is 30.0 Å². The van der Waals surface area contributed by atoms with Crippen molar-refractivity contribution in [3.05, 3.63) is 47.8 Å². The van der Waals surface area contributed by atoms with Gasteiger partial charge in [0.25, 0.3) is 0 Å². The van der Waals surface area contributed by atoms with Gasteiger partial charge in [0.1, 0.15) is 11.8 Å². The molecule has 7 heteroatoms. The van der Waals surface area contributed by atoms with Gasteiger partial charge in [0, 0.05) is 36.3 Å². The number of aromatic nitrogens is 2. The van der Waals surface area contributed by atoms with Crippen LogP contribution in [-0.2, 0) is 17.3 Å². The monoisotopic (exact) mass is 364 g/mol. The molecule has 0 bridgehead atoms. The summed E-state index contributed by atoms with van der Waals surface area (Å²) in [6.07, 6.45) is 5.69. The van der Waals surface area contributed by atoms with Gasteiger partial charge < -0.3 is 15.4 Å². The largest absolute Gasteiger partial charge is 0.496 e. The SMILES string of the molecule is CNC(C(=O)NCC1(c2ccccc2OC)CC1)c1cnn(C)c1.Cl. The van der Waals surface area contributed by atoms with Crippen LogP contribution in [0.2, 0.25) is 0 Å². The van der Waals surface area contributed by atoms with Crippen molar-refractivity contribution in [1.29, 1.82) is 0 Å². The molecule has 1 saturated carbocycles. The number of ether oxygens (including phenoxy) is 1. The predicted octanol–water partition coefficient (Wildman–Crippen LogP) is 1.96. The maximum atomic E-state index is 12.6. The fourth-order valence-corrected chi connectivity index (χ4v) is 3.17. The minimum atomic E-state index is -0.396. The molecule has 0 saturated heterocycles. The second-order valence-corrected chi connectivity index (χ2v) is 6.37. The van der Waals surface area contributed by atoms with Crippen LogP contribution in [0.15, 0.2) is 36.7 Å². The number of hydrogen-bond donors (Lipinski definition) is 2. The van der Waals surface area contributed by atoms with E-state index in [1.807, 2.05) is 31.4 Å². The third kappa shape index (κ3) is 3.96. The van der Waals surface area contributed by atoms with Gasteiger partial charge in [-0.1, -0.05) is 18.2 Å². The molecule has 1 aliphatic carbocycles. The smallest absolute Gasteiger partial charge is 0.241 e. The summed E-state index contributed by atoms with van der Waals surface area (Å²) in [5, 5.41) is 10.3. The summed E-state index contributed by atoms with van der Waals surface area (Å²) in [6, 6.07) is 7.66. The lowest BCUT2D eigenvalue weighted by Crippen LogP contribution is -2.39. The third-order valence-electron chi connectivity index (χ3n) is 4.74. The van der Waals surface area contributed by atoms with Gasteiger partial charge in [0.2, 0.25) is 5.91 Å². The standard InChI is InChI=1S/C18H24N4O2.ClH/c1-19-16(13-10-21-22(2)11-13)17(23)20-12-18(8-9-18)14-6-4-5-7-15(14)24-3;/h4-7,10-11,16,19H,8-9,12H2,1-3H3,(H,20,23);1H. The first-order chi connectivity index (χ1) is 11.6. The molecule has 0 spiro atoms. The highest BCUT2D eigenvalue weighted by atomic mass is 35.5. The van der Waals surface area contributed by atoms with Crippen LogP contribution in [0, 0.1) is 0 Å². The second kappa shape index (κ2) is 7.89. The summed E-state index contributed by atoms with van der Waals surface area (Å²) in [5.74, 6) is 0.855. The van der Waals surface area contributed by atoms with E-state index in [2.05, 4.69) is 21.8 Å². The lowest BCUT2D eigenvalue weighted by atomic mass is 9.94. The maximum absolute atomic E-state index is 12.6. The minimum absolute atomic E-state index is 0. The molecule has 1 aliphatic rings. The van der Waals surface area contributed by atoms with E-state index in [9.17, 15) is 4.79 Å². The van der Waals surface area contributed by atoms with Gasteiger partial charge in [0.15, 0.2) is 0 Å². The van der Waals surface area contributed by atoms with E-state index >= 15 is 0 Å². The van der Waals surface area contributed by atoms with Crippen molar-refractivity contribution in [3.63, 3.8) is 0 Å². The molecule has 0 aliphatic heterocycles. The Morgan fingerprint density at radius 1 is 1.40 bits per heavy atom. The van der Waals surface area contributed by atoms with Gasteiger partial charge >= 0.3 is 0 Å². The molecule has 25 heavy (non-hydrogen) atoms. The molecule has 1 heterocycles. The fourth-order valence-electron chi connectivity index (χ4n) is 3.17. The highest BCUT2D eigenvalue weighted by molar-refractivity contribution is 5.85. The Morgan fingerprint density at radius 2 is 2.12 bits per heavy atom. The Kier molecular flexibility index (Phi) is 6.08. The Labute approximate surface area is 154 Å². The van der Waals surface area contributed by atoms with E-state index in [1.54, 1.807) is 25.0 Å². The average Bonchev–Trinajstić information content (AvgIpc) is 3.28. The van der Waals surface area contributed by atoms with Gasteiger partial charge in [-0.3, -0.25) is 9.48 Å². The number of rotatable bonds is 7. The number of nitrogens with one attached hydrogen (secondary N) is 2. The summed E-state index contributed by atoms with van der Waals surface area (Å²) in [4.78, 5) is 12.6. The van der Waals surface area contributed by atoms with E-state index in [1.165, 1.54) is 5.56 Å². The molecule has 1 fully saturated rings. The first-order valence-electron chi connectivity index (χ1n) is 8.17. The number of aryl methyl sites for hydroxylation is 1. The van der Waals surface area contributed by atoms with Crippen LogP contribution in [0.25, 0.3) is 0 Å². The molecule has 1 unspecified atom stereocenters. The maximum Gasteiger partial charge on any atom is 0.241 e. The minimum Gasteiger partial charge on any atom is -0.496 e. The first kappa shape index (κ1) is 19.3. The number of halogens is 1. The van der Waals surface area contributed by atoms with Crippen LogP contribution in [-0.4, -0.2) is 36.4 Å². The number of carbonyl (C=O) groups is 1. The quantitative estimate of drug-likeness (QED) is 0.788. The number of carbonyl (C=O) groups excluding carboxylic acids is 1. The number of methoxy groups -OCH3 is 1. The van der Waals surface area contributed by atoms with Crippen molar-refractivity contribution in [2.45, 2.75) is 24.3 Å². The van der Waals surface area contributed by atoms with Gasteiger partial charge in [-0.15, -0.1) is 12.4 Å². The van der Waals surface area contributed by atoms with Gasteiger partial charge in [-0.25, -0.2) is 0 Å². The highest BCUT2D eigenvalue weighted by Crippen LogP contribution is 2.50. The number of amides is 1. The van der Waals surface area contributed by atoms with Crippen molar-refractivity contribution in [2.24, 2.45) is 7.05 Å². The molecule has 1 aromatic heterocycles. The molecule has 6 nitrogen and oxygen atoms in total. The van der Waals surface area contributed by atoms with Crippen molar-refractivity contribution < 1.29 is 9.53 Å². The number of para-hydroxylation sites is 1. The summed E-state index contributed by atoms with van der Waals surface area (Å²) >= 11 is 0. The lowest BCUT2D eigenvalue weighted by Gasteiger charge is -2.21. The normalized spacial score (nSPS) is 15.8. The molecule has 136 valence electrons. The Morgan fingerprint density at radius 3 is 2.68 bits per heavy atom. The van der Waals surface area contributed by atoms with Crippen LogP contribution >= 0.6 is 12.4 Å². The summed E-state index contributed by atoms with van der Waals surface area (Å²) in [5.41, 5.74) is 2.03. The zero-order valence-corrected chi connectivity index (χ0v) is 15.6. The molecule has 2 aromatic rings. The van der Waals surface area contributed by atoms with Gasteiger partial charge in [-0.05, 0) is 26.0 Å². The average molecular weight is 365 g/mol. The van der Waals surface area contributed by atoms with E-state index in [0.29, 0.717) is 6.54 Å². The van der Waals surface area contributed by atoms with Crippen molar-refractivity contribution >= 4 is 18.3 Å². The van der Waals surface area contributed by atoms with E-state index < -0.39 is 6.04 Å². The highest BCUT2D eigenvalue weighted by Gasteiger charge is 2.46. The van der Waals surface area contributed by atoms with E-state index in [4.69, 9.17) is 4.74 Å². The van der Waals surface area contributed by atoms with Gasteiger partial charge in [-0.2, -0.15) is 5.10 Å². The van der Waals surface area contributed by atoms with Crippen LogP contribution in [0.3, 0.4) is 0 Å². The Hall–Kier alpha value is -2.05. The van der Waals surface area contributed by atoms with Crippen molar-refractivity contribution in [1.82, 2.24) is 20.4 Å². The molecular weight excluding hydrogens is 340 g/mol. The van der Waals surface area contributed by atoms with Crippen LogP contribution in [0.5, 0.6) is 5.75 Å². The predicted molar refractivity (Wildman–Crippen MR) is 99.2 cm³/mol. The zero-order chi connectivity index (χ0) is 17.2. The molecule has 1 aromatic carbocycles. The number of likely N-dealkylation sites (N-methyl/N-ethyl adjacent to an activating group) is 1. The molecule has 1 atom stereocenters. The first-order valence-corrected chi connectivity index (χ1v) is 8.17. The molecule has 1 amide bonds. The van der Waals surface area contributed by atoms with E-state index in [-0.39, 0.29) is 23.7 Å². The summed E-state index contributed by atoms with van der Waals surface area (Å²) in [6.45, 7) is 0.616. The number of nitrogens with zero attached hydrogens (tertiary/aromatic N) is 2. The summed E-state index contributed by atoms with van der Waals surface area (Å²) in [7, 11) is 5.31. The van der Waals surface area contributed by atoms with E-state index in [0.717, 1.165) is 24.2 Å². The molecular formula is C18H25ClN4O2. The van der Waals surface area contributed by atoms with Crippen molar-refractivity contribution in [2.75, 3.05) is 20.7 Å². The molecule has 3 rings (SSSR count). The zero-order valence-electron chi connectivity index (χ0n) is 14.8. The molecule has 2 N–H and O–H groups in total. The van der Waals surface area contributed by atoms with Crippen molar-refractivity contribution in [3.8, 4) is 5.75 Å². The fraction of sp³-hybridized carbons (Fsp3) is 0.444. The van der Waals surface area contributed by atoms with Gasteiger partial charge in [0.05, 0.1) is 13.3 Å². The van der Waals surface area contributed by atoms with Crippen LogP contribution < -0.4 is 15.4 Å². The summed E-state index contributed by atoms with van der Waals surface area (Å²) < 4.78 is 7.18. The number of benzene rings is 1. The number of hydrogen-bond acceptors (Lipinski definition) is 4. The Bertz CT molecular complexity index is 727. The topological polar surface area (TPSA) is 68.2 Å². The third-order valence-corrected chi connectivity index (χ3v) is 4.74. The molecule has 0 radical (unpaired) electrons. The second-order valence-electron chi connectivity index (χ2n) is 6.37. The Balaban J connectivity index is 0.00000225. The lowest BCUT2D eigenvalue weighted by molar-refractivity contribution is -0.123.